The van der Waals surface area contributed by atoms with Crippen molar-refractivity contribution in [2.45, 2.75) is 24.7 Å². The van der Waals surface area contributed by atoms with Crippen LogP contribution in [-0.4, -0.2) is 69.7 Å². The normalized spacial score (nSPS) is 17.1. The van der Waals surface area contributed by atoms with Gasteiger partial charge in [0, 0.05) is 32.7 Å². The number of carbonyl (C=O) groups excluding carboxylic acids is 2. The van der Waals surface area contributed by atoms with Crippen molar-refractivity contribution in [1.29, 1.82) is 0 Å². The van der Waals surface area contributed by atoms with Gasteiger partial charge in [-0.2, -0.15) is 4.31 Å². The Balaban J connectivity index is 0.00000392. The molecule has 0 aliphatic carbocycles. The van der Waals surface area contributed by atoms with Gasteiger partial charge >= 0.3 is 0 Å². The van der Waals surface area contributed by atoms with Gasteiger partial charge in [-0.05, 0) is 56.6 Å². The number of anilines is 1. The molecule has 1 unspecified atom stereocenters. The number of nitrogens with zero attached hydrogens (tertiary/aromatic N) is 2. The van der Waals surface area contributed by atoms with Gasteiger partial charge in [0.25, 0.3) is 0 Å². The van der Waals surface area contributed by atoms with Crippen LogP contribution in [0.25, 0.3) is 0 Å². The lowest BCUT2D eigenvalue weighted by Crippen LogP contribution is -2.46. The Morgan fingerprint density at radius 3 is 2.46 bits per heavy atom. The highest BCUT2D eigenvalue weighted by Crippen LogP contribution is 2.19. The van der Waals surface area contributed by atoms with E-state index in [4.69, 9.17) is 0 Å². The first-order valence-corrected chi connectivity index (χ1v) is 10.4. The Bertz CT molecular complexity index is 768. The topological polar surface area (TPSA) is 98.8 Å². The number of hydrogen-bond acceptors (Lipinski definition) is 5. The van der Waals surface area contributed by atoms with E-state index >= 15 is 0 Å². The highest BCUT2D eigenvalue weighted by Gasteiger charge is 2.28. The zero-order valence-corrected chi connectivity index (χ0v) is 18.1. The molecule has 1 atom stereocenters. The molecule has 158 valence electrons. The molecule has 1 fully saturated rings. The second kappa shape index (κ2) is 10.8. The third-order valence-corrected chi connectivity index (χ3v) is 6.42. The van der Waals surface area contributed by atoms with Gasteiger partial charge in [-0.3, -0.25) is 9.59 Å². The van der Waals surface area contributed by atoms with Crippen molar-refractivity contribution in [3.05, 3.63) is 24.3 Å². The fraction of sp³-hybridized carbons (Fsp3) is 0.556. The average Bonchev–Trinajstić information content (AvgIpc) is 2.62. The molecule has 1 heterocycles. The lowest BCUT2D eigenvalue weighted by Gasteiger charge is -2.33. The van der Waals surface area contributed by atoms with Gasteiger partial charge in [-0.25, -0.2) is 8.42 Å². The highest BCUT2D eigenvalue weighted by molar-refractivity contribution is 7.89. The maximum Gasteiger partial charge on any atom is 0.243 e. The van der Waals surface area contributed by atoms with E-state index in [-0.39, 0.29) is 35.7 Å². The number of hydrogen-bond donors (Lipinski definition) is 2. The molecular weight excluding hydrogens is 404 g/mol. The Morgan fingerprint density at radius 1 is 1.25 bits per heavy atom. The van der Waals surface area contributed by atoms with E-state index in [0.29, 0.717) is 24.7 Å². The number of rotatable bonds is 7. The van der Waals surface area contributed by atoms with Crippen LogP contribution in [0.4, 0.5) is 5.69 Å². The maximum atomic E-state index is 12.7. The zero-order chi connectivity index (χ0) is 20.0. The number of likely N-dealkylation sites (tertiary alicyclic amines) is 1. The van der Waals surface area contributed by atoms with Gasteiger partial charge in [-0.15, -0.1) is 12.4 Å². The molecule has 1 aliphatic rings. The lowest BCUT2D eigenvalue weighted by atomic mass is 9.98. The van der Waals surface area contributed by atoms with E-state index in [2.05, 4.69) is 10.6 Å². The van der Waals surface area contributed by atoms with Gasteiger partial charge in [0.2, 0.25) is 21.8 Å². The Labute approximate surface area is 173 Å². The van der Waals surface area contributed by atoms with Crippen LogP contribution in [0.15, 0.2) is 29.2 Å². The van der Waals surface area contributed by atoms with Crippen LogP contribution in [0.3, 0.4) is 0 Å². The first-order chi connectivity index (χ1) is 12.7. The van der Waals surface area contributed by atoms with Crippen molar-refractivity contribution in [2.75, 3.05) is 45.6 Å². The summed E-state index contributed by atoms with van der Waals surface area (Å²) in [6, 6.07) is 5.89. The summed E-state index contributed by atoms with van der Waals surface area (Å²) in [6.45, 7) is 3.35. The summed E-state index contributed by atoms with van der Waals surface area (Å²) in [5, 5.41) is 5.72. The molecule has 0 saturated carbocycles. The largest absolute Gasteiger partial charge is 0.341 e. The van der Waals surface area contributed by atoms with Gasteiger partial charge in [-0.1, -0.05) is 0 Å². The third-order valence-electron chi connectivity index (χ3n) is 4.61. The number of nitrogens with one attached hydrogen (secondary N) is 2. The maximum absolute atomic E-state index is 12.7. The minimum absolute atomic E-state index is 0. The van der Waals surface area contributed by atoms with E-state index < -0.39 is 10.0 Å². The molecule has 0 aromatic heterocycles. The number of likely N-dealkylation sites (N-methyl/N-ethyl adjacent to an activating group) is 1. The number of piperidine rings is 1. The zero-order valence-electron chi connectivity index (χ0n) is 16.5. The number of halogens is 1. The first-order valence-electron chi connectivity index (χ1n) is 9.00. The molecule has 2 rings (SSSR count). The van der Waals surface area contributed by atoms with Crippen molar-refractivity contribution < 1.29 is 18.0 Å². The monoisotopic (exact) mass is 432 g/mol. The summed E-state index contributed by atoms with van der Waals surface area (Å²) in [4.78, 5) is 25.4. The fourth-order valence-corrected chi connectivity index (χ4v) is 4.34. The van der Waals surface area contributed by atoms with Crippen LogP contribution in [0.1, 0.15) is 19.8 Å². The minimum Gasteiger partial charge on any atom is -0.341 e. The van der Waals surface area contributed by atoms with Crippen molar-refractivity contribution >= 4 is 39.9 Å². The molecule has 0 radical (unpaired) electrons. The predicted molar refractivity (Wildman–Crippen MR) is 111 cm³/mol. The highest BCUT2D eigenvalue weighted by atomic mass is 35.5. The van der Waals surface area contributed by atoms with E-state index in [1.54, 1.807) is 4.90 Å². The summed E-state index contributed by atoms with van der Waals surface area (Å²) < 4.78 is 26.5. The Hall–Kier alpha value is -1.68. The first kappa shape index (κ1) is 24.4. The van der Waals surface area contributed by atoms with Crippen molar-refractivity contribution in [1.82, 2.24) is 14.5 Å². The fourth-order valence-electron chi connectivity index (χ4n) is 3.22. The van der Waals surface area contributed by atoms with Crippen molar-refractivity contribution in [2.24, 2.45) is 5.92 Å². The minimum atomic E-state index is -3.78. The molecule has 10 heteroatoms. The van der Waals surface area contributed by atoms with Crippen LogP contribution in [0.5, 0.6) is 0 Å². The van der Waals surface area contributed by atoms with Gasteiger partial charge < -0.3 is 15.5 Å². The number of amides is 2. The molecule has 1 aliphatic heterocycles. The van der Waals surface area contributed by atoms with Gasteiger partial charge in [0.1, 0.15) is 0 Å². The average molecular weight is 433 g/mol. The van der Waals surface area contributed by atoms with Crippen LogP contribution in [0.2, 0.25) is 0 Å². The summed E-state index contributed by atoms with van der Waals surface area (Å²) >= 11 is 0. The van der Waals surface area contributed by atoms with Crippen molar-refractivity contribution in [3.63, 3.8) is 0 Å². The molecule has 1 aromatic rings. The van der Waals surface area contributed by atoms with E-state index in [1.165, 1.54) is 38.2 Å². The third kappa shape index (κ3) is 6.44. The standard InChI is InChI=1S/C18H28N4O4S.ClH/c1-14(23)20-16-6-8-17(9-7-16)27(25,26)21(3)13-18(24)22-10-4-5-15(12-22)11-19-2;/h6-9,15,19H,4-5,10-13H2,1-3H3,(H,20,23);1H. The van der Waals surface area contributed by atoms with E-state index in [9.17, 15) is 18.0 Å². The molecule has 8 nitrogen and oxygen atoms in total. The summed E-state index contributed by atoms with van der Waals surface area (Å²) in [5.74, 6) is -0.0147. The number of sulfonamides is 1. The molecule has 0 spiro atoms. The van der Waals surface area contributed by atoms with Crippen LogP contribution >= 0.6 is 12.4 Å². The Morgan fingerprint density at radius 2 is 1.89 bits per heavy atom. The summed E-state index contributed by atoms with van der Waals surface area (Å²) in [5.41, 5.74) is 0.518. The molecule has 2 amide bonds. The summed E-state index contributed by atoms with van der Waals surface area (Å²) in [7, 11) is -0.487. The van der Waals surface area contributed by atoms with E-state index in [1.807, 2.05) is 7.05 Å². The molecule has 1 aromatic carbocycles. The van der Waals surface area contributed by atoms with Crippen LogP contribution in [-0.2, 0) is 19.6 Å². The predicted octanol–water partition coefficient (Wildman–Crippen LogP) is 1.15. The van der Waals surface area contributed by atoms with Crippen LogP contribution in [0, 0.1) is 5.92 Å². The molecular formula is C18H29ClN4O4S. The van der Waals surface area contributed by atoms with Crippen LogP contribution < -0.4 is 10.6 Å². The van der Waals surface area contributed by atoms with E-state index in [0.717, 1.165) is 23.7 Å². The summed E-state index contributed by atoms with van der Waals surface area (Å²) in [6.07, 6.45) is 2.00. The SMILES string of the molecule is CNCC1CCCN(C(=O)CN(C)S(=O)(=O)c2ccc(NC(C)=O)cc2)C1.Cl. The molecule has 1 saturated heterocycles. The number of carbonyl (C=O) groups is 2. The lowest BCUT2D eigenvalue weighted by molar-refractivity contribution is -0.133. The van der Waals surface area contributed by atoms with Gasteiger partial charge in [0.15, 0.2) is 0 Å². The second-order valence-electron chi connectivity index (χ2n) is 6.87. The quantitative estimate of drug-likeness (QED) is 0.673. The Kier molecular flexibility index (Phi) is 9.35. The molecule has 28 heavy (non-hydrogen) atoms. The van der Waals surface area contributed by atoms with Gasteiger partial charge in [0.05, 0.1) is 11.4 Å². The second-order valence-corrected chi connectivity index (χ2v) is 8.92. The smallest absolute Gasteiger partial charge is 0.243 e. The number of benzene rings is 1. The molecule has 0 bridgehead atoms. The molecule has 2 N–H and O–H groups in total. The van der Waals surface area contributed by atoms with Crippen molar-refractivity contribution in [3.8, 4) is 0 Å².